The van der Waals surface area contributed by atoms with Gasteiger partial charge in [-0.25, -0.2) is 9.38 Å². The van der Waals surface area contributed by atoms with E-state index in [1.807, 2.05) is 4.90 Å². The number of carbonyl (C=O) groups excluding carboxylic acids is 3. The molecule has 1 atom stereocenters. The number of piperazine rings is 1. The Kier molecular flexibility index (Phi) is 5.07. The molecule has 7 heteroatoms. The topological polar surface area (TPSA) is 70.0 Å². The predicted octanol–water partition coefficient (Wildman–Crippen LogP) is 2.38. The van der Waals surface area contributed by atoms with Gasteiger partial charge in [-0.3, -0.25) is 19.3 Å². The molecule has 0 N–H and O–H groups in total. The lowest BCUT2D eigenvalue weighted by molar-refractivity contribution is -0.115. The minimum atomic E-state index is -0.864. The smallest absolute Gasteiger partial charge is 0.242 e. The Hall–Kier alpha value is -3.19. The molecular weight excluding hydrogens is 373 g/mol. The molecule has 1 fully saturated rings. The Morgan fingerprint density at radius 1 is 0.966 bits per heavy atom. The minimum absolute atomic E-state index is 0.00330. The SMILES string of the molecule is CC(=O)N=C1C(=O)c2ccccc2C(=O)C1N1CCN(c2ccc(F)cc2)CC1. The molecule has 6 nitrogen and oxygen atoms in total. The van der Waals surface area contributed by atoms with Crippen LogP contribution in [0.3, 0.4) is 0 Å². The number of fused-ring (bicyclic) bond motifs is 1. The summed E-state index contributed by atoms with van der Waals surface area (Å²) < 4.78 is 13.2. The number of Topliss-reactive ketones (excluding diaryl/α,β-unsaturated/α-hetero) is 2. The van der Waals surface area contributed by atoms with Crippen LogP contribution in [-0.4, -0.2) is 60.3 Å². The number of aliphatic imine (C=N–C) groups is 1. The highest BCUT2D eigenvalue weighted by Gasteiger charge is 2.42. The molecule has 0 bridgehead atoms. The van der Waals surface area contributed by atoms with E-state index >= 15 is 0 Å². The number of ketones is 2. The Morgan fingerprint density at radius 3 is 2.21 bits per heavy atom. The van der Waals surface area contributed by atoms with Crippen molar-refractivity contribution in [2.45, 2.75) is 13.0 Å². The fourth-order valence-corrected chi connectivity index (χ4v) is 3.94. The van der Waals surface area contributed by atoms with E-state index in [2.05, 4.69) is 9.89 Å². The van der Waals surface area contributed by atoms with Crippen molar-refractivity contribution in [1.29, 1.82) is 0 Å². The lowest BCUT2D eigenvalue weighted by Crippen LogP contribution is -2.58. The first kappa shape index (κ1) is 19.1. The van der Waals surface area contributed by atoms with E-state index in [-0.39, 0.29) is 23.1 Å². The maximum Gasteiger partial charge on any atom is 0.242 e. The van der Waals surface area contributed by atoms with Gasteiger partial charge in [0.25, 0.3) is 0 Å². The molecule has 0 spiro atoms. The van der Waals surface area contributed by atoms with E-state index in [0.717, 1.165) is 5.69 Å². The maximum atomic E-state index is 13.2. The van der Waals surface area contributed by atoms with Crippen LogP contribution in [0.15, 0.2) is 53.5 Å². The average molecular weight is 393 g/mol. The summed E-state index contributed by atoms with van der Waals surface area (Å²) in [7, 11) is 0. The highest BCUT2D eigenvalue weighted by atomic mass is 19.1. The number of carbonyl (C=O) groups is 3. The van der Waals surface area contributed by atoms with Crippen molar-refractivity contribution in [3.63, 3.8) is 0 Å². The highest BCUT2D eigenvalue weighted by Crippen LogP contribution is 2.25. The summed E-state index contributed by atoms with van der Waals surface area (Å²) in [6, 6.07) is 12.1. The highest BCUT2D eigenvalue weighted by molar-refractivity contribution is 6.56. The van der Waals surface area contributed by atoms with Crippen LogP contribution in [0.5, 0.6) is 0 Å². The normalized spacial score (nSPS) is 21.4. The van der Waals surface area contributed by atoms with Crippen LogP contribution >= 0.6 is 0 Å². The van der Waals surface area contributed by atoms with E-state index in [4.69, 9.17) is 0 Å². The van der Waals surface area contributed by atoms with Crippen molar-refractivity contribution < 1.29 is 18.8 Å². The van der Waals surface area contributed by atoms with Gasteiger partial charge in [0.15, 0.2) is 5.78 Å². The van der Waals surface area contributed by atoms with Gasteiger partial charge in [0.1, 0.15) is 17.6 Å². The van der Waals surface area contributed by atoms with Crippen LogP contribution in [0.2, 0.25) is 0 Å². The number of benzene rings is 2. The zero-order valence-electron chi connectivity index (χ0n) is 16.0. The molecule has 0 aromatic heterocycles. The fraction of sp³-hybridized carbons (Fsp3) is 0.273. The van der Waals surface area contributed by atoms with Gasteiger partial charge in [-0.05, 0) is 24.3 Å². The van der Waals surface area contributed by atoms with Gasteiger partial charge in [-0.2, -0.15) is 0 Å². The largest absolute Gasteiger partial charge is 0.369 e. The van der Waals surface area contributed by atoms with E-state index < -0.39 is 11.9 Å². The van der Waals surface area contributed by atoms with Gasteiger partial charge in [-0.15, -0.1) is 0 Å². The molecular formula is C22H20FN3O3. The monoisotopic (exact) mass is 393 g/mol. The van der Waals surface area contributed by atoms with E-state index in [1.165, 1.54) is 19.1 Å². The second kappa shape index (κ2) is 7.67. The van der Waals surface area contributed by atoms with Gasteiger partial charge in [0, 0.05) is 49.9 Å². The summed E-state index contributed by atoms with van der Waals surface area (Å²) in [5, 5.41) is 0. The van der Waals surface area contributed by atoms with Gasteiger partial charge in [-0.1, -0.05) is 24.3 Å². The third-order valence-electron chi connectivity index (χ3n) is 5.33. The van der Waals surface area contributed by atoms with Crippen molar-refractivity contribution in [2.24, 2.45) is 4.99 Å². The molecule has 2 aliphatic rings. The molecule has 1 aliphatic heterocycles. The van der Waals surface area contributed by atoms with Gasteiger partial charge in [0.05, 0.1) is 0 Å². The number of hydrogen-bond donors (Lipinski definition) is 0. The lowest BCUT2D eigenvalue weighted by atomic mass is 9.83. The Morgan fingerprint density at radius 2 is 1.59 bits per heavy atom. The van der Waals surface area contributed by atoms with Crippen LogP contribution in [0.25, 0.3) is 0 Å². The molecule has 1 aliphatic carbocycles. The number of rotatable bonds is 2. The summed E-state index contributed by atoms with van der Waals surface area (Å²) in [6.07, 6.45) is 0. The zero-order valence-corrected chi connectivity index (χ0v) is 16.0. The van der Waals surface area contributed by atoms with Crippen LogP contribution in [0.1, 0.15) is 27.6 Å². The van der Waals surface area contributed by atoms with Crippen molar-refractivity contribution >= 4 is 28.9 Å². The van der Waals surface area contributed by atoms with Crippen molar-refractivity contribution in [2.75, 3.05) is 31.1 Å². The first-order valence-electron chi connectivity index (χ1n) is 9.47. The Balaban J connectivity index is 1.61. The second-order valence-electron chi connectivity index (χ2n) is 7.16. The summed E-state index contributed by atoms with van der Waals surface area (Å²) >= 11 is 0. The van der Waals surface area contributed by atoms with Gasteiger partial charge < -0.3 is 4.90 Å². The molecule has 0 saturated carbocycles. The first-order chi connectivity index (χ1) is 14.0. The van der Waals surface area contributed by atoms with Crippen molar-refractivity contribution in [3.8, 4) is 0 Å². The molecule has 4 rings (SSSR count). The van der Waals surface area contributed by atoms with Crippen LogP contribution < -0.4 is 4.90 Å². The fourth-order valence-electron chi connectivity index (χ4n) is 3.94. The molecule has 29 heavy (non-hydrogen) atoms. The van der Waals surface area contributed by atoms with Crippen LogP contribution in [-0.2, 0) is 4.79 Å². The quantitative estimate of drug-likeness (QED) is 0.784. The number of hydrogen-bond acceptors (Lipinski definition) is 5. The number of nitrogens with zero attached hydrogens (tertiary/aromatic N) is 3. The molecule has 1 amide bonds. The molecule has 2 aromatic rings. The predicted molar refractivity (Wildman–Crippen MR) is 107 cm³/mol. The summed E-state index contributed by atoms with van der Waals surface area (Å²) in [6.45, 7) is 3.52. The third-order valence-corrected chi connectivity index (χ3v) is 5.33. The number of amides is 1. The maximum absolute atomic E-state index is 13.2. The molecule has 0 radical (unpaired) electrons. The first-order valence-corrected chi connectivity index (χ1v) is 9.47. The average Bonchev–Trinajstić information content (AvgIpc) is 2.73. The van der Waals surface area contributed by atoms with Crippen molar-refractivity contribution in [1.82, 2.24) is 4.90 Å². The molecule has 1 saturated heterocycles. The second-order valence-corrected chi connectivity index (χ2v) is 7.16. The molecule has 2 aromatic carbocycles. The molecule has 1 heterocycles. The van der Waals surface area contributed by atoms with E-state index in [0.29, 0.717) is 37.3 Å². The summed E-state index contributed by atoms with van der Waals surface area (Å²) in [5.41, 5.74) is 1.56. The number of anilines is 1. The molecule has 1 unspecified atom stereocenters. The van der Waals surface area contributed by atoms with E-state index in [9.17, 15) is 18.8 Å². The summed E-state index contributed by atoms with van der Waals surface area (Å²) in [4.78, 5) is 45.7. The Labute approximate surface area is 167 Å². The van der Waals surface area contributed by atoms with Crippen molar-refractivity contribution in [3.05, 3.63) is 65.5 Å². The van der Waals surface area contributed by atoms with E-state index in [1.54, 1.807) is 36.4 Å². The van der Waals surface area contributed by atoms with Crippen LogP contribution in [0.4, 0.5) is 10.1 Å². The minimum Gasteiger partial charge on any atom is -0.369 e. The molecule has 148 valence electrons. The Bertz CT molecular complexity index is 1010. The third kappa shape index (κ3) is 3.61. The van der Waals surface area contributed by atoms with Gasteiger partial charge in [0.2, 0.25) is 11.7 Å². The van der Waals surface area contributed by atoms with Gasteiger partial charge >= 0.3 is 0 Å². The van der Waals surface area contributed by atoms with Crippen LogP contribution in [0, 0.1) is 5.82 Å². The summed E-state index contributed by atoms with van der Waals surface area (Å²) in [5.74, 6) is -1.38. The number of halogens is 1. The zero-order chi connectivity index (χ0) is 20.5. The lowest BCUT2D eigenvalue weighted by Gasteiger charge is -2.40. The standard InChI is InChI=1S/C22H20FN3O3/c1-14(27)24-19-20(22(29)18-5-3-2-4-17(18)21(19)28)26-12-10-25(11-13-26)16-8-6-15(23)7-9-16/h2-9,20H,10-13H2,1H3.